The highest BCUT2D eigenvalue weighted by Gasteiger charge is 2.27. The highest BCUT2D eigenvalue weighted by Crippen LogP contribution is 2.40. The minimum Gasteiger partial charge on any atom is -0.480 e. The topological polar surface area (TPSA) is 50.7 Å². The first-order chi connectivity index (χ1) is 14.8. The highest BCUT2D eigenvalue weighted by atomic mass is 32.1. The molecule has 1 saturated carbocycles. The number of aliphatic imine (C=N–C) groups is 1. The van der Waals surface area contributed by atoms with Crippen molar-refractivity contribution in [2.45, 2.75) is 63.8 Å². The normalized spacial score (nSPS) is 16.8. The number of benzene rings is 1. The van der Waals surface area contributed by atoms with Gasteiger partial charge < -0.3 is 10.1 Å². The minimum atomic E-state index is 0.0466. The van der Waals surface area contributed by atoms with E-state index in [2.05, 4.69) is 11.2 Å². The van der Waals surface area contributed by atoms with Crippen LogP contribution in [0.3, 0.4) is 0 Å². The molecule has 156 valence electrons. The summed E-state index contributed by atoms with van der Waals surface area (Å²) in [7, 11) is 0. The lowest BCUT2D eigenvalue weighted by Crippen LogP contribution is -2.36. The molecular formula is C25H28N2O2S. The zero-order valence-electron chi connectivity index (χ0n) is 17.3. The summed E-state index contributed by atoms with van der Waals surface area (Å²) < 4.78 is 5.63. The van der Waals surface area contributed by atoms with Crippen molar-refractivity contribution in [2.24, 2.45) is 4.99 Å². The first-order valence-electron chi connectivity index (χ1n) is 10.9. The van der Waals surface area contributed by atoms with E-state index in [4.69, 9.17) is 16.2 Å². The molecule has 0 spiro atoms. The Balaban J connectivity index is 1.62. The van der Waals surface area contributed by atoms with Gasteiger partial charge in [-0.05, 0) is 56.2 Å². The Hall–Kier alpha value is -2.58. The maximum atomic E-state index is 13.3. The molecular weight excluding hydrogens is 392 g/mol. The molecule has 4 nitrogen and oxygen atoms in total. The number of amides is 1. The molecule has 1 fully saturated rings. The molecule has 1 N–H and O–H groups in total. The van der Waals surface area contributed by atoms with Gasteiger partial charge in [0, 0.05) is 22.7 Å². The van der Waals surface area contributed by atoms with Gasteiger partial charge in [0.25, 0.3) is 5.91 Å². The molecule has 0 atom stereocenters. The molecule has 2 aliphatic carbocycles. The second-order valence-electron chi connectivity index (χ2n) is 7.99. The number of ether oxygens (including phenoxy) is 1. The van der Waals surface area contributed by atoms with E-state index >= 15 is 0 Å². The van der Waals surface area contributed by atoms with E-state index in [-0.39, 0.29) is 12.5 Å². The number of para-hydroxylation sites is 1. The molecule has 2 aliphatic rings. The Morgan fingerprint density at radius 3 is 2.83 bits per heavy atom. The molecule has 30 heavy (non-hydrogen) atoms. The largest absolute Gasteiger partial charge is 0.480 e. The lowest BCUT2D eigenvalue weighted by molar-refractivity contribution is 0.0927. The lowest BCUT2D eigenvalue weighted by atomic mass is 9.93. The SMILES string of the molecule is C#CCOc1ccccc1C=Nc1sc2c(c1C(=O)NC1CCCCC1)CCCC2. The van der Waals surface area contributed by atoms with E-state index in [0.29, 0.717) is 11.8 Å². The average molecular weight is 421 g/mol. The Kier molecular flexibility index (Phi) is 6.86. The number of thiophene rings is 1. The molecule has 0 aliphatic heterocycles. The zero-order valence-corrected chi connectivity index (χ0v) is 18.1. The lowest BCUT2D eigenvalue weighted by Gasteiger charge is -2.23. The summed E-state index contributed by atoms with van der Waals surface area (Å²) in [6.45, 7) is 0.215. The first-order valence-corrected chi connectivity index (χ1v) is 11.7. The van der Waals surface area contributed by atoms with Crippen LogP contribution in [-0.4, -0.2) is 24.8 Å². The van der Waals surface area contributed by atoms with Crippen LogP contribution in [0.4, 0.5) is 5.00 Å². The standard InChI is InChI=1S/C25H28N2O2S/c1-2-16-29-21-14-8-6-10-18(21)17-26-25-23(20-13-7-9-15-22(20)30-25)24(28)27-19-11-4-3-5-12-19/h1,6,8,10,14,17,19H,3-5,7,9,11-13,15-16H2,(H,27,28). The van der Waals surface area contributed by atoms with Crippen LogP contribution in [0.2, 0.25) is 0 Å². The fourth-order valence-corrected chi connectivity index (χ4v) is 5.58. The Morgan fingerprint density at radius 1 is 1.20 bits per heavy atom. The summed E-state index contributed by atoms with van der Waals surface area (Å²) in [6.07, 6.45) is 17.3. The van der Waals surface area contributed by atoms with Crippen molar-refractivity contribution in [2.75, 3.05) is 6.61 Å². The van der Waals surface area contributed by atoms with Crippen LogP contribution in [-0.2, 0) is 12.8 Å². The summed E-state index contributed by atoms with van der Waals surface area (Å²) in [4.78, 5) is 19.3. The van der Waals surface area contributed by atoms with Crippen LogP contribution in [0.5, 0.6) is 5.75 Å². The summed E-state index contributed by atoms with van der Waals surface area (Å²) in [5.41, 5.74) is 2.86. The van der Waals surface area contributed by atoms with Gasteiger partial charge in [-0.2, -0.15) is 0 Å². The maximum Gasteiger partial charge on any atom is 0.254 e. The van der Waals surface area contributed by atoms with Crippen LogP contribution >= 0.6 is 11.3 Å². The van der Waals surface area contributed by atoms with Gasteiger partial charge in [0.05, 0.1) is 5.56 Å². The minimum absolute atomic E-state index is 0.0466. The molecule has 1 heterocycles. The number of carbonyl (C=O) groups is 1. The maximum absolute atomic E-state index is 13.3. The fraction of sp³-hybridized carbons (Fsp3) is 0.440. The predicted octanol–water partition coefficient (Wildman–Crippen LogP) is 5.45. The van der Waals surface area contributed by atoms with Gasteiger partial charge >= 0.3 is 0 Å². The van der Waals surface area contributed by atoms with E-state index in [1.807, 2.05) is 24.3 Å². The number of terminal acetylenes is 1. The average Bonchev–Trinajstić information content (AvgIpc) is 3.16. The molecule has 0 unspecified atom stereocenters. The van der Waals surface area contributed by atoms with Crippen molar-refractivity contribution in [1.82, 2.24) is 5.32 Å². The third-order valence-corrected chi connectivity index (χ3v) is 7.07. The molecule has 2 aromatic rings. The molecule has 0 bridgehead atoms. The van der Waals surface area contributed by atoms with E-state index in [1.165, 1.54) is 36.1 Å². The summed E-state index contributed by atoms with van der Waals surface area (Å²) in [6, 6.07) is 7.98. The van der Waals surface area contributed by atoms with Crippen LogP contribution in [0.25, 0.3) is 0 Å². The van der Waals surface area contributed by atoms with Crippen LogP contribution in [0.15, 0.2) is 29.3 Å². The second-order valence-corrected chi connectivity index (χ2v) is 9.07. The third kappa shape index (κ3) is 4.76. The van der Waals surface area contributed by atoms with E-state index in [0.717, 1.165) is 48.2 Å². The van der Waals surface area contributed by atoms with Crippen molar-refractivity contribution in [3.05, 3.63) is 45.8 Å². The van der Waals surface area contributed by atoms with Gasteiger partial charge in [-0.1, -0.05) is 37.3 Å². The molecule has 0 saturated heterocycles. The number of nitrogens with one attached hydrogen (secondary N) is 1. The van der Waals surface area contributed by atoms with Crippen LogP contribution in [0, 0.1) is 12.3 Å². The van der Waals surface area contributed by atoms with Crippen LogP contribution < -0.4 is 10.1 Å². The Labute approximate surface area is 182 Å². The predicted molar refractivity (Wildman–Crippen MR) is 123 cm³/mol. The van der Waals surface area contributed by atoms with Crippen molar-refractivity contribution >= 4 is 28.5 Å². The van der Waals surface area contributed by atoms with Gasteiger partial charge in [0.2, 0.25) is 0 Å². The van der Waals surface area contributed by atoms with Crippen molar-refractivity contribution in [3.8, 4) is 18.1 Å². The Morgan fingerprint density at radius 2 is 2.00 bits per heavy atom. The number of aryl methyl sites for hydroxylation is 1. The van der Waals surface area contributed by atoms with Crippen molar-refractivity contribution in [1.29, 1.82) is 0 Å². The van der Waals surface area contributed by atoms with Gasteiger partial charge in [-0.15, -0.1) is 17.8 Å². The first kappa shape index (κ1) is 20.7. The Bertz CT molecular complexity index is 964. The second kappa shape index (κ2) is 9.95. The van der Waals surface area contributed by atoms with Crippen LogP contribution in [0.1, 0.15) is 71.3 Å². The van der Waals surface area contributed by atoms with Gasteiger partial charge in [0.1, 0.15) is 17.4 Å². The molecule has 5 heteroatoms. The quantitative estimate of drug-likeness (QED) is 0.499. The van der Waals surface area contributed by atoms with E-state index in [9.17, 15) is 4.79 Å². The number of rotatable bonds is 6. The zero-order chi connectivity index (χ0) is 20.8. The number of fused-ring (bicyclic) bond motifs is 1. The van der Waals surface area contributed by atoms with Gasteiger partial charge in [-0.3, -0.25) is 4.79 Å². The third-order valence-electron chi connectivity index (χ3n) is 5.87. The van der Waals surface area contributed by atoms with Gasteiger partial charge in [-0.25, -0.2) is 4.99 Å². The van der Waals surface area contributed by atoms with E-state index < -0.39 is 0 Å². The molecule has 4 rings (SSSR count). The molecule has 1 amide bonds. The summed E-state index contributed by atoms with van der Waals surface area (Å²) >= 11 is 1.66. The number of carbonyl (C=O) groups excluding carboxylic acids is 1. The number of hydrogen-bond acceptors (Lipinski definition) is 4. The molecule has 0 radical (unpaired) electrons. The van der Waals surface area contributed by atoms with Gasteiger partial charge in [0.15, 0.2) is 0 Å². The summed E-state index contributed by atoms with van der Waals surface area (Å²) in [5, 5.41) is 4.10. The molecule has 1 aromatic heterocycles. The van der Waals surface area contributed by atoms with Crippen molar-refractivity contribution in [3.63, 3.8) is 0 Å². The number of nitrogens with zero attached hydrogens (tertiary/aromatic N) is 1. The summed E-state index contributed by atoms with van der Waals surface area (Å²) in [5.74, 6) is 3.24. The monoisotopic (exact) mass is 420 g/mol. The van der Waals surface area contributed by atoms with Crippen molar-refractivity contribution < 1.29 is 9.53 Å². The number of hydrogen-bond donors (Lipinski definition) is 1. The highest BCUT2D eigenvalue weighted by molar-refractivity contribution is 7.16. The molecule has 1 aromatic carbocycles. The fourth-order valence-electron chi connectivity index (χ4n) is 4.35. The van der Waals surface area contributed by atoms with E-state index in [1.54, 1.807) is 17.6 Å². The smallest absolute Gasteiger partial charge is 0.254 e.